The Labute approximate surface area is 112 Å². The number of nitrogens with two attached hydrogens (primary N) is 1. The fraction of sp³-hybridized carbons (Fsp3) is 0.929. The molecule has 0 rings (SSSR count). The molecule has 0 bridgehead atoms. The van der Waals surface area contributed by atoms with E-state index in [0.29, 0.717) is 6.54 Å². The Balaban J connectivity index is 4.47. The standard InChI is InChI=1S/C14H31N3O/c1-8-14(5,6)16-12(18)11(2)17(7)10-13(3,4)9-15/h11H,8-10,15H2,1-7H3,(H,16,18). The molecule has 0 aliphatic rings. The summed E-state index contributed by atoms with van der Waals surface area (Å²) in [4.78, 5) is 14.2. The van der Waals surface area contributed by atoms with Gasteiger partial charge in [-0.2, -0.15) is 0 Å². The molecule has 0 aromatic heterocycles. The predicted molar refractivity (Wildman–Crippen MR) is 77.4 cm³/mol. The van der Waals surface area contributed by atoms with Crippen molar-refractivity contribution in [2.75, 3.05) is 20.1 Å². The van der Waals surface area contributed by atoms with Crippen molar-refractivity contribution >= 4 is 5.91 Å². The number of rotatable bonds is 7. The van der Waals surface area contributed by atoms with Crippen molar-refractivity contribution in [2.45, 2.75) is 59.5 Å². The van der Waals surface area contributed by atoms with E-state index in [-0.39, 0.29) is 22.9 Å². The van der Waals surface area contributed by atoms with Crippen LogP contribution in [-0.4, -0.2) is 42.5 Å². The van der Waals surface area contributed by atoms with Gasteiger partial charge in [0.25, 0.3) is 0 Å². The zero-order chi connectivity index (χ0) is 14.6. The molecule has 0 aromatic rings. The van der Waals surface area contributed by atoms with Gasteiger partial charge < -0.3 is 11.1 Å². The Morgan fingerprint density at radius 2 is 1.83 bits per heavy atom. The molecule has 4 heteroatoms. The second-order valence-electron chi connectivity index (χ2n) is 6.69. The van der Waals surface area contributed by atoms with E-state index in [1.165, 1.54) is 0 Å². The van der Waals surface area contributed by atoms with Gasteiger partial charge >= 0.3 is 0 Å². The zero-order valence-corrected chi connectivity index (χ0v) is 13.1. The number of likely N-dealkylation sites (N-methyl/N-ethyl adjacent to an activating group) is 1. The maximum atomic E-state index is 12.1. The van der Waals surface area contributed by atoms with Crippen LogP contribution in [0.5, 0.6) is 0 Å². The molecule has 0 saturated heterocycles. The van der Waals surface area contributed by atoms with Crippen LogP contribution < -0.4 is 11.1 Å². The quantitative estimate of drug-likeness (QED) is 0.728. The average molecular weight is 257 g/mol. The van der Waals surface area contributed by atoms with Crippen molar-refractivity contribution < 1.29 is 4.79 Å². The molecule has 1 amide bonds. The number of nitrogens with one attached hydrogen (secondary N) is 1. The predicted octanol–water partition coefficient (Wildman–Crippen LogP) is 1.60. The van der Waals surface area contributed by atoms with Crippen LogP contribution in [0.25, 0.3) is 0 Å². The summed E-state index contributed by atoms with van der Waals surface area (Å²) in [6, 6.07) is -0.137. The highest BCUT2D eigenvalue weighted by Gasteiger charge is 2.27. The van der Waals surface area contributed by atoms with Gasteiger partial charge in [0.2, 0.25) is 5.91 Å². The molecule has 3 N–H and O–H groups in total. The van der Waals surface area contributed by atoms with Gasteiger partial charge in [0.1, 0.15) is 0 Å². The van der Waals surface area contributed by atoms with Crippen LogP contribution in [0.1, 0.15) is 48.0 Å². The van der Waals surface area contributed by atoms with Gasteiger partial charge in [-0.15, -0.1) is 0 Å². The molecule has 0 fully saturated rings. The van der Waals surface area contributed by atoms with Gasteiger partial charge in [0.05, 0.1) is 6.04 Å². The second kappa shape index (κ2) is 6.53. The summed E-state index contributed by atoms with van der Waals surface area (Å²) in [5.74, 6) is 0.0807. The van der Waals surface area contributed by atoms with Crippen LogP contribution >= 0.6 is 0 Å². The van der Waals surface area contributed by atoms with Gasteiger partial charge in [-0.25, -0.2) is 0 Å². The third-order valence-corrected chi connectivity index (χ3v) is 3.62. The maximum Gasteiger partial charge on any atom is 0.237 e. The van der Waals surface area contributed by atoms with Gasteiger partial charge in [-0.3, -0.25) is 9.69 Å². The van der Waals surface area contributed by atoms with Crippen molar-refractivity contribution in [3.8, 4) is 0 Å². The minimum atomic E-state index is -0.143. The number of amides is 1. The van der Waals surface area contributed by atoms with Crippen LogP contribution in [0.4, 0.5) is 0 Å². The summed E-state index contributed by atoms with van der Waals surface area (Å²) in [5.41, 5.74) is 5.61. The number of hydrogen-bond donors (Lipinski definition) is 2. The molecule has 1 unspecified atom stereocenters. The first-order valence-electron chi connectivity index (χ1n) is 6.77. The maximum absolute atomic E-state index is 12.1. The van der Waals surface area contributed by atoms with Crippen molar-refractivity contribution in [2.24, 2.45) is 11.1 Å². The molecule has 1 atom stereocenters. The smallest absolute Gasteiger partial charge is 0.237 e. The molecule has 18 heavy (non-hydrogen) atoms. The van der Waals surface area contributed by atoms with Crippen molar-refractivity contribution in [3.63, 3.8) is 0 Å². The molecule has 0 aliphatic heterocycles. The van der Waals surface area contributed by atoms with Gasteiger partial charge in [-0.05, 0) is 46.2 Å². The molecule has 0 aliphatic carbocycles. The Kier molecular flexibility index (Phi) is 6.30. The van der Waals surface area contributed by atoms with Crippen molar-refractivity contribution in [1.29, 1.82) is 0 Å². The molecule has 0 spiro atoms. The molecule has 108 valence electrons. The summed E-state index contributed by atoms with van der Waals surface area (Å²) in [7, 11) is 1.97. The third kappa shape index (κ3) is 5.83. The summed E-state index contributed by atoms with van der Waals surface area (Å²) < 4.78 is 0. The fourth-order valence-electron chi connectivity index (χ4n) is 1.60. The molecular weight excluding hydrogens is 226 g/mol. The lowest BCUT2D eigenvalue weighted by Gasteiger charge is -2.34. The van der Waals surface area contributed by atoms with Crippen molar-refractivity contribution in [3.05, 3.63) is 0 Å². The Morgan fingerprint density at radius 1 is 1.33 bits per heavy atom. The van der Waals surface area contributed by atoms with E-state index in [2.05, 4.69) is 31.0 Å². The first kappa shape index (κ1) is 17.4. The van der Waals surface area contributed by atoms with E-state index in [1.807, 2.05) is 27.8 Å². The van der Waals surface area contributed by atoms with Crippen LogP contribution in [0.2, 0.25) is 0 Å². The first-order valence-corrected chi connectivity index (χ1v) is 6.77. The summed E-state index contributed by atoms with van der Waals surface area (Å²) in [5, 5.41) is 3.08. The van der Waals surface area contributed by atoms with Gasteiger partial charge in [0.15, 0.2) is 0 Å². The van der Waals surface area contributed by atoms with E-state index in [0.717, 1.165) is 13.0 Å². The fourth-order valence-corrected chi connectivity index (χ4v) is 1.60. The van der Waals surface area contributed by atoms with E-state index < -0.39 is 0 Å². The zero-order valence-electron chi connectivity index (χ0n) is 13.1. The monoisotopic (exact) mass is 257 g/mol. The van der Waals surface area contributed by atoms with Crippen molar-refractivity contribution in [1.82, 2.24) is 10.2 Å². The normalized spacial score (nSPS) is 14.7. The van der Waals surface area contributed by atoms with Crippen LogP contribution in [0, 0.1) is 5.41 Å². The summed E-state index contributed by atoms with van der Waals surface area (Å²) >= 11 is 0. The minimum absolute atomic E-state index is 0.0313. The molecule has 4 nitrogen and oxygen atoms in total. The number of nitrogens with zero attached hydrogens (tertiary/aromatic N) is 1. The van der Waals surface area contributed by atoms with Crippen LogP contribution in [0.15, 0.2) is 0 Å². The van der Waals surface area contributed by atoms with Gasteiger partial charge in [-0.1, -0.05) is 20.8 Å². The molecule has 0 radical (unpaired) electrons. The second-order valence-corrected chi connectivity index (χ2v) is 6.69. The van der Waals surface area contributed by atoms with E-state index >= 15 is 0 Å². The lowest BCUT2D eigenvalue weighted by atomic mass is 9.92. The SMILES string of the molecule is CCC(C)(C)NC(=O)C(C)N(C)CC(C)(C)CN. The highest BCUT2D eigenvalue weighted by molar-refractivity contribution is 5.81. The molecule has 0 saturated carbocycles. The molecule has 0 heterocycles. The number of hydrogen-bond acceptors (Lipinski definition) is 3. The lowest BCUT2D eigenvalue weighted by Crippen LogP contribution is -2.52. The largest absolute Gasteiger partial charge is 0.350 e. The topological polar surface area (TPSA) is 58.4 Å². The average Bonchev–Trinajstić information content (AvgIpc) is 2.26. The van der Waals surface area contributed by atoms with E-state index in [9.17, 15) is 4.79 Å². The Hall–Kier alpha value is -0.610. The molecule has 0 aromatic carbocycles. The third-order valence-electron chi connectivity index (χ3n) is 3.62. The van der Waals surface area contributed by atoms with E-state index in [1.54, 1.807) is 0 Å². The highest BCUT2D eigenvalue weighted by Crippen LogP contribution is 2.16. The van der Waals surface area contributed by atoms with Crippen LogP contribution in [-0.2, 0) is 4.79 Å². The van der Waals surface area contributed by atoms with Gasteiger partial charge in [0, 0.05) is 12.1 Å². The lowest BCUT2D eigenvalue weighted by molar-refractivity contribution is -0.127. The summed E-state index contributed by atoms with van der Waals surface area (Å²) in [6.45, 7) is 13.8. The van der Waals surface area contributed by atoms with Crippen LogP contribution in [0.3, 0.4) is 0 Å². The number of carbonyl (C=O) groups excluding carboxylic acids is 1. The Morgan fingerprint density at radius 3 is 2.22 bits per heavy atom. The minimum Gasteiger partial charge on any atom is -0.350 e. The van der Waals surface area contributed by atoms with E-state index in [4.69, 9.17) is 5.73 Å². The number of carbonyl (C=O) groups is 1. The molecular formula is C14H31N3O. The summed E-state index contributed by atoms with van der Waals surface area (Å²) in [6.07, 6.45) is 0.920. The Bertz CT molecular complexity index is 274. The highest BCUT2D eigenvalue weighted by atomic mass is 16.2. The first-order chi connectivity index (χ1) is 8.04.